The average molecular weight is 497 g/mol. The first-order valence-electron chi connectivity index (χ1n) is 13.3. The van der Waals surface area contributed by atoms with Gasteiger partial charge in [0.25, 0.3) is 5.91 Å². The number of nitrogens with zero attached hydrogens (tertiary/aromatic N) is 1. The first-order valence-corrected chi connectivity index (χ1v) is 13.3. The van der Waals surface area contributed by atoms with Crippen LogP contribution < -0.4 is 5.32 Å². The van der Waals surface area contributed by atoms with Gasteiger partial charge in [0, 0.05) is 24.5 Å². The minimum atomic E-state index is -0.464. The van der Waals surface area contributed by atoms with Gasteiger partial charge in [0.15, 0.2) is 0 Å². The number of ether oxygens (including phenoxy) is 1. The van der Waals surface area contributed by atoms with Crippen LogP contribution in [0.25, 0.3) is 0 Å². The number of phenolic OH excluding ortho intramolecular Hbond substituents is 2. The molecule has 3 saturated heterocycles. The summed E-state index contributed by atoms with van der Waals surface area (Å²) in [5, 5.41) is 23.7. The van der Waals surface area contributed by atoms with Crippen molar-refractivity contribution in [2.75, 3.05) is 13.1 Å². The van der Waals surface area contributed by atoms with Gasteiger partial charge in [-0.2, -0.15) is 0 Å². The molecule has 0 radical (unpaired) electrons. The Labute approximate surface area is 216 Å². The molecule has 0 saturated carbocycles. The summed E-state index contributed by atoms with van der Waals surface area (Å²) < 4.78 is 7.19. The molecular formula is C31H32N2O4. The summed E-state index contributed by atoms with van der Waals surface area (Å²) in [5.41, 5.74) is 3.12. The van der Waals surface area contributed by atoms with E-state index in [-0.39, 0.29) is 34.3 Å². The molecule has 3 aromatic rings. The van der Waals surface area contributed by atoms with Crippen LogP contribution in [0.4, 0.5) is 0 Å². The Balaban J connectivity index is 1.24. The number of piperidine rings is 1. The number of phenols is 2. The Hall–Kier alpha value is -3.35. The minimum absolute atomic E-state index is 0.0168. The highest BCUT2D eigenvalue weighted by Gasteiger charge is 2.75. The normalized spacial score (nSPS) is 31.5. The van der Waals surface area contributed by atoms with Crippen molar-refractivity contribution in [2.24, 2.45) is 0 Å². The maximum absolute atomic E-state index is 13.0. The maximum atomic E-state index is 13.0. The lowest BCUT2D eigenvalue weighted by atomic mass is 9.50. The van der Waals surface area contributed by atoms with E-state index in [1.165, 1.54) is 22.8 Å². The molecule has 1 aliphatic carbocycles. The van der Waals surface area contributed by atoms with E-state index in [4.69, 9.17) is 4.74 Å². The molecular weight excluding hydrogens is 464 g/mol. The first kappa shape index (κ1) is 22.8. The predicted molar refractivity (Wildman–Crippen MR) is 140 cm³/mol. The average Bonchev–Trinajstić information content (AvgIpc) is 3.43. The van der Waals surface area contributed by atoms with Crippen molar-refractivity contribution in [3.63, 3.8) is 0 Å². The van der Waals surface area contributed by atoms with Gasteiger partial charge in [-0.1, -0.05) is 48.5 Å². The van der Waals surface area contributed by atoms with E-state index in [1.54, 1.807) is 24.3 Å². The fraction of sp³-hybridized carbons (Fsp3) is 0.387. The van der Waals surface area contributed by atoms with Crippen LogP contribution >= 0.6 is 0 Å². The van der Waals surface area contributed by atoms with Crippen LogP contribution in [0, 0.1) is 0 Å². The summed E-state index contributed by atoms with van der Waals surface area (Å²) in [6.07, 6.45) is 4.50. The molecule has 4 bridgehead atoms. The summed E-state index contributed by atoms with van der Waals surface area (Å²) in [7, 11) is 0. The number of rotatable bonds is 5. The fourth-order valence-corrected chi connectivity index (χ4v) is 8.05. The molecule has 6 heteroatoms. The first-order chi connectivity index (χ1) is 17.9. The molecule has 7 rings (SSSR count). The molecule has 1 spiro atoms. The van der Waals surface area contributed by atoms with Crippen molar-refractivity contribution in [2.45, 2.75) is 61.3 Å². The zero-order valence-corrected chi connectivity index (χ0v) is 20.8. The number of carbonyl (C=O) groups excluding carboxylic acids is 1. The van der Waals surface area contributed by atoms with E-state index in [0.29, 0.717) is 12.3 Å². The topological polar surface area (TPSA) is 82.0 Å². The van der Waals surface area contributed by atoms with Crippen LogP contribution in [0.3, 0.4) is 0 Å². The third kappa shape index (κ3) is 3.28. The number of hydrogen-bond donors (Lipinski definition) is 3. The van der Waals surface area contributed by atoms with E-state index >= 15 is 0 Å². The van der Waals surface area contributed by atoms with Gasteiger partial charge in [-0.25, -0.2) is 0 Å². The Morgan fingerprint density at radius 3 is 2.65 bits per heavy atom. The van der Waals surface area contributed by atoms with E-state index < -0.39 is 5.60 Å². The number of carbonyl (C=O) groups is 1. The van der Waals surface area contributed by atoms with Crippen molar-refractivity contribution in [1.82, 2.24) is 10.2 Å². The van der Waals surface area contributed by atoms with Crippen LogP contribution in [0.2, 0.25) is 0 Å². The third-order valence-electron chi connectivity index (χ3n) is 9.56. The Morgan fingerprint density at radius 1 is 1.00 bits per heavy atom. The van der Waals surface area contributed by atoms with Crippen molar-refractivity contribution in [3.05, 3.63) is 95.1 Å². The molecule has 0 aromatic heterocycles. The maximum Gasteiger partial charge on any atom is 0.255 e. The van der Waals surface area contributed by atoms with Gasteiger partial charge in [-0.05, 0) is 79.6 Å². The van der Waals surface area contributed by atoms with E-state index in [0.717, 1.165) is 45.2 Å². The van der Waals surface area contributed by atoms with Crippen molar-refractivity contribution >= 4 is 5.91 Å². The lowest BCUT2D eigenvalue weighted by Gasteiger charge is -2.60. The zero-order valence-electron chi connectivity index (χ0n) is 20.8. The van der Waals surface area contributed by atoms with Gasteiger partial charge in [0.05, 0.1) is 16.8 Å². The third-order valence-corrected chi connectivity index (χ3v) is 9.56. The number of benzene rings is 3. The van der Waals surface area contributed by atoms with Crippen LogP contribution in [0.1, 0.15) is 52.7 Å². The number of likely N-dealkylation sites (tertiary alicyclic amines) is 1. The molecule has 3 aromatic carbocycles. The molecule has 1 amide bonds. The molecule has 3 fully saturated rings. The summed E-state index contributed by atoms with van der Waals surface area (Å²) in [6.45, 7) is 2.26. The largest absolute Gasteiger partial charge is 0.508 e. The Morgan fingerprint density at radius 2 is 1.81 bits per heavy atom. The highest BCUT2D eigenvalue weighted by atomic mass is 16.5. The van der Waals surface area contributed by atoms with E-state index in [1.807, 2.05) is 6.07 Å². The zero-order chi connectivity index (χ0) is 25.3. The highest BCUT2D eigenvalue weighted by molar-refractivity contribution is 5.96. The molecule has 4 aliphatic rings. The van der Waals surface area contributed by atoms with Gasteiger partial charge in [0.1, 0.15) is 11.5 Å². The number of para-hydroxylation sites is 1. The molecule has 3 heterocycles. The standard InChI is InChI=1S/C31H32N2O4/c34-23-11-10-22-16-27-31-13-12-29(37-31,20-32-28(36)24-8-4-5-9-26(24)35)19-30(31,25(22)17-23)14-15-33(27)18-21-6-2-1-3-7-21/h1-11,17,27,34-35H,12-16,18-20H2,(H,32,36)/t27-,29+,30-,31-/m1/s1. The van der Waals surface area contributed by atoms with Crippen molar-refractivity contribution < 1.29 is 19.7 Å². The Kier molecular flexibility index (Phi) is 4.98. The lowest BCUT2D eigenvalue weighted by molar-refractivity contribution is -0.140. The smallest absolute Gasteiger partial charge is 0.255 e. The van der Waals surface area contributed by atoms with Crippen molar-refractivity contribution in [3.8, 4) is 11.5 Å². The van der Waals surface area contributed by atoms with Gasteiger partial charge in [-0.3, -0.25) is 9.69 Å². The van der Waals surface area contributed by atoms with Gasteiger partial charge >= 0.3 is 0 Å². The van der Waals surface area contributed by atoms with Crippen LogP contribution in [-0.2, 0) is 23.1 Å². The number of fused-ring (bicyclic) bond motifs is 2. The molecule has 190 valence electrons. The molecule has 37 heavy (non-hydrogen) atoms. The lowest BCUT2D eigenvalue weighted by Crippen LogP contribution is -2.69. The molecule has 4 atom stereocenters. The predicted octanol–water partition coefficient (Wildman–Crippen LogP) is 4.29. The van der Waals surface area contributed by atoms with Gasteiger partial charge in [0.2, 0.25) is 0 Å². The molecule has 0 unspecified atom stereocenters. The van der Waals surface area contributed by atoms with Crippen LogP contribution in [0.15, 0.2) is 72.8 Å². The number of aromatic hydroxyl groups is 2. The molecule has 3 N–H and O–H groups in total. The summed E-state index contributed by atoms with van der Waals surface area (Å²) in [4.78, 5) is 15.6. The monoisotopic (exact) mass is 496 g/mol. The van der Waals surface area contributed by atoms with Gasteiger partial charge in [-0.15, -0.1) is 0 Å². The summed E-state index contributed by atoms with van der Waals surface area (Å²) >= 11 is 0. The number of hydrogen-bond acceptors (Lipinski definition) is 5. The molecule has 6 nitrogen and oxygen atoms in total. The van der Waals surface area contributed by atoms with E-state index in [9.17, 15) is 15.0 Å². The van der Waals surface area contributed by atoms with Crippen LogP contribution in [0.5, 0.6) is 11.5 Å². The summed E-state index contributed by atoms with van der Waals surface area (Å²) in [6, 6.07) is 23.4. The number of amides is 1. The van der Waals surface area contributed by atoms with E-state index in [2.05, 4.69) is 46.6 Å². The summed E-state index contributed by atoms with van der Waals surface area (Å²) in [5.74, 6) is 0.00560. The fourth-order valence-electron chi connectivity index (χ4n) is 8.05. The van der Waals surface area contributed by atoms with Crippen molar-refractivity contribution in [1.29, 1.82) is 0 Å². The highest BCUT2D eigenvalue weighted by Crippen LogP contribution is 2.69. The van der Waals surface area contributed by atoms with Gasteiger partial charge < -0.3 is 20.3 Å². The Bertz CT molecular complexity index is 1380. The second kappa shape index (κ2) is 8.07. The SMILES string of the molecule is O=C(NC[C@@]12CC[C@@]3(O1)[C@H]1Cc4ccc(O)cc4[C@@]3(CCN1Cc1ccccc1)C2)c1ccccc1O. The second-order valence-electron chi connectivity index (χ2n) is 11.4. The minimum Gasteiger partial charge on any atom is -0.508 e. The quantitative estimate of drug-likeness (QED) is 0.491. The van der Waals surface area contributed by atoms with Crippen LogP contribution in [-0.4, -0.2) is 51.4 Å². The number of nitrogens with one attached hydrogen (secondary N) is 1. The second-order valence-corrected chi connectivity index (χ2v) is 11.4. The molecule has 3 aliphatic heterocycles.